The van der Waals surface area contributed by atoms with E-state index in [1.165, 1.54) is 11.8 Å². The van der Waals surface area contributed by atoms with Gasteiger partial charge in [0.1, 0.15) is 4.32 Å². The van der Waals surface area contributed by atoms with Crippen LogP contribution < -0.4 is 0 Å². The molecule has 18 heavy (non-hydrogen) atoms. The molecule has 0 spiro atoms. The van der Waals surface area contributed by atoms with Crippen LogP contribution in [0.4, 0.5) is 0 Å². The van der Waals surface area contributed by atoms with Crippen molar-refractivity contribution in [2.75, 3.05) is 12.3 Å². The van der Waals surface area contributed by atoms with Crippen molar-refractivity contribution in [3.63, 3.8) is 0 Å². The third-order valence-electron chi connectivity index (χ3n) is 2.67. The molecule has 1 saturated heterocycles. The van der Waals surface area contributed by atoms with Gasteiger partial charge in [0.2, 0.25) is 5.91 Å². The molecule has 1 aromatic carbocycles. The predicted octanol–water partition coefficient (Wildman–Crippen LogP) is 1.79. The fraction of sp³-hybridized carbons (Fsp3) is 0.250. The highest BCUT2D eigenvalue weighted by Crippen LogP contribution is 2.19. The van der Waals surface area contributed by atoms with Gasteiger partial charge in [0.25, 0.3) is 0 Å². The van der Waals surface area contributed by atoms with Crippen molar-refractivity contribution in [3.8, 4) is 0 Å². The maximum absolute atomic E-state index is 11.5. The van der Waals surface area contributed by atoms with Gasteiger partial charge < -0.3 is 5.11 Å². The largest absolute Gasteiger partial charge is 0.478 e. The first kappa shape index (κ1) is 13.0. The van der Waals surface area contributed by atoms with E-state index in [9.17, 15) is 9.59 Å². The molecule has 94 valence electrons. The van der Waals surface area contributed by atoms with Gasteiger partial charge in [0, 0.05) is 6.54 Å². The van der Waals surface area contributed by atoms with Crippen LogP contribution in [0.1, 0.15) is 15.9 Å². The number of aromatic carboxylic acids is 1. The number of amides is 1. The lowest BCUT2D eigenvalue weighted by atomic mass is 10.1. The molecule has 1 aliphatic heterocycles. The van der Waals surface area contributed by atoms with Crippen molar-refractivity contribution in [3.05, 3.63) is 35.4 Å². The van der Waals surface area contributed by atoms with Crippen LogP contribution in [0.25, 0.3) is 0 Å². The van der Waals surface area contributed by atoms with Crippen LogP contribution in [0.2, 0.25) is 0 Å². The van der Waals surface area contributed by atoms with Gasteiger partial charge in [0.15, 0.2) is 0 Å². The number of carbonyl (C=O) groups is 2. The Morgan fingerprint density at radius 2 is 2.06 bits per heavy atom. The molecule has 4 nitrogen and oxygen atoms in total. The quantitative estimate of drug-likeness (QED) is 0.853. The summed E-state index contributed by atoms with van der Waals surface area (Å²) in [4.78, 5) is 23.8. The molecule has 1 fully saturated rings. The van der Waals surface area contributed by atoms with E-state index in [0.29, 0.717) is 23.0 Å². The molecule has 1 amide bonds. The number of hydrogen-bond donors (Lipinski definition) is 1. The summed E-state index contributed by atoms with van der Waals surface area (Å²) in [5, 5.41) is 8.77. The Morgan fingerprint density at radius 1 is 1.39 bits per heavy atom. The molecule has 1 N–H and O–H groups in total. The summed E-state index contributed by atoms with van der Waals surface area (Å²) in [7, 11) is 0. The summed E-state index contributed by atoms with van der Waals surface area (Å²) in [5.74, 6) is -0.461. The van der Waals surface area contributed by atoms with Crippen LogP contribution in [0.3, 0.4) is 0 Å². The van der Waals surface area contributed by atoms with Crippen molar-refractivity contribution >= 4 is 40.2 Å². The van der Waals surface area contributed by atoms with Crippen molar-refractivity contribution in [1.29, 1.82) is 0 Å². The maximum atomic E-state index is 11.5. The molecular weight excluding hydrogens is 270 g/mol. The van der Waals surface area contributed by atoms with Gasteiger partial charge in [-0.25, -0.2) is 4.79 Å². The lowest BCUT2D eigenvalue weighted by Gasteiger charge is -2.14. The fourth-order valence-corrected chi connectivity index (χ4v) is 2.77. The minimum atomic E-state index is -0.936. The topological polar surface area (TPSA) is 57.6 Å². The third kappa shape index (κ3) is 2.88. The van der Waals surface area contributed by atoms with Gasteiger partial charge in [-0.15, -0.1) is 0 Å². The normalized spacial score (nSPS) is 15.2. The van der Waals surface area contributed by atoms with Crippen LogP contribution in [-0.4, -0.2) is 38.5 Å². The molecule has 0 unspecified atom stereocenters. The first-order valence-electron chi connectivity index (χ1n) is 5.37. The first-order valence-corrected chi connectivity index (χ1v) is 6.76. The summed E-state index contributed by atoms with van der Waals surface area (Å²) in [6.45, 7) is 0.553. The van der Waals surface area contributed by atoms with Crippen LogP contribution in [0, 0.1) is 0 Å². The Balaban J connectivity index is 1.96. The Hall–Kier alpha value is -1.40. The zero-order chi connectivity index (χ0) is 13.1. The number of rotatable bonds is 4. The van der Waals surface area contributed by atoms with E-state index >= 15 is 0 Å². The number of carboxylic acids is 1. The number of benzene rings is 1. The predicted molar refractivity (Wildman–Crippen MR) is 73.9 cm³/mol. The standard InChI is InChI=1S/C12H11NO3S2/c14-10-7-18-12(17)13(10)6-5-8-1-3-9(4-2-8)11(15)16/h1-4H,5-7H2,(H,15,16). The molecule has 6 heteroatoms. The lowest BCUT2D eigenvalue weighted by Crippen LogP contribution is -2.30. The number of thiocarbonyl (C=S) groups is 1. The second kappa shape index (κ2) is 5.49. The van der Waals surface area contributed by atoms with Crippen LogP contribution in [0.5, 0.6) is 0 Å². The van der Waals surface area contributed by atoms with Crippen molar-refractivity contribution in [2.45, 2.75) is 6.42 Å². The maximum Gasteiger partial charge on any atom is 0.335 e. The van der Waals surface area contributed by atoms with E-state index in [0.717, 1.165) is 5.56 Å². The number of carboxylic acid groups (broad SMARTS) is 1. The van der Waals surface area contributed by atoms with Crippen molar-refractivity contribution in [1.82, 2.24) is 4.90 Å². The Bertz CT molecular complexity index is 483. The van der Waals surface area contributed by atoms with Gasteiger partial charge in [-0.2, -0.15) is 0 Å². The van der Waals surface area contributed by atoms with E-state index in [-0.39, 0.29) is 11.5 Å². The molecule has 0 saturated carbocycles. The minimum absolute atomic E-state index is 0.0483. The summed E-state index contributed by atoms with van der Waals surface area (Å²) >= 11 is 6.46. The first-order chi connectivity index (χ1) is 8.58. The van der Waals surface area contributed by atoms with E-state index in [1.807, 2.05) is 0 Å². The molecule has 1 aromatic rings. The fourth-order valence-electron chi connectivity index (χ4n) is 1.65. The highest BCUT2D eigenvalue weighted by atomic mass is 32.2. The molecule has 1 heterocycles. The zero-order valence-electron chi connectivity index (χ0n) is 9.46. The second-order valence-corrected chi connectivity index (χ2v) is 5.46. The minimum Gasteiger partial charge on any atom is -0.478 e. The molecule has 0 bridgehead atoms. The molecule has 0 atom stereocenters. The highest BCUT2D eigenvalue weighted by molar-refractivity contribution is 8.23. The Morgan fingerprint density at radius 3 is 2.56 bits per heavy atom. The van der Waals surface area contributed by atoms with Gasteiger partial charge in [-0.3, -0.25) is 9.69 Å². The van der Waals surface area contributed by atoms with Crippen LogP contribution in [0.15, 0.2) is 24.3 Å². The average molecular weight is 281 g/mol. The number of nitrogens with zero attached hydrogens (tertiary/aromatic N) is 1. The van der Waals surface area contributed by atoms with Gasteiger partial charge >= 0.3 is 5.97 Å². The molecule has 1 aliphatic rings. The number of thioether (sulfide) groups is 1. The second-order valence-electron chi connectivity index (χ2n) is 3.85. The Labute approximate surface area is 114 Å². The summed E-state index contributed by atoms with van der Waals surface area (Å²) in [5.41, 5.74) is 1.26. The van der Waals surface area contributed by atoms with Crippen molar-refractivity contribution < 1.29 is 14.7 Å². The lowest BCUT2D eigenvalue weighted by molar-refractivity contribution is -0.123. The zero-order valence-corrected chi connectivity index (χ0v) is 11.1. The van der Waals surface area contributed by atoms with E-state index in [1.54, 1.807) is 29.2 Å². The number of carbonyl (C=O) groups excluding carboxylic acids is 1. The van der Waals surface area contributed by atoms with Crippen LogP contribution in [-0.2, 0) is 11.2 Å². The Kier molecular flexibility index (Phi) is 3.98. The summed E-state index contributed by atoms with van der Waals surface area (Å²) in [6.07, 6.45) is 0.673. The smallest absolute Gasteiger partial charge is 0.335 e. The summed E-state index contributed by atoms with van der Waals surface area (Å²) in [6, 6.07) is 6.66. The number of hydrogen-bond acceptors (Lipinski definition) is 4. The molecule has 0 aromatic heterocycles. The van der Waals surface area contributed by atoms with E-state index < -0.39 is 5.97 Å². The molecule has 0 radical (unpaired) electrons. The van der Waals surface area contributed by atoms with Crippen LogP contribution >= 0.6 is 24.0 Å². The molecule has 2 rings (SSSR count). The van der Waals surface area contributed by atoms with Crippen molar-refractivity contribution in [2.24, 2.45) is 0 Å². The highest BCUT2D eigenvalue weighted by Gasteiger charge is 2.25. The van der Waals surface area contributed by atoms with Gasteiger partial charge in [-0.1, -0.05) is 36.1 Å². The average Bonchev–Trinajstić information content (AvgIpc) is 2.67. The summed E-state index contributed by atoms with van der Waals surface area (Å²) < 4.78 is 0.627. The molecular formula is C12H11NO3S2. The van der Waals surface area contributed by atoms with Gasteiger partial charge in [0.05, 0.1) is 11.3 Å². The SMILES string of the molecule is O=C(O)c1ccc(CCN2C(=O)CSC2=S)cc1. The van der Waals surface area contributed by atoms with Gasteiger partial charge in [-0.05, 0) is 24.1 Å². The van der Waals surface area contributed by atoms with E-state index in [2.05, 4.69) is 0 Å². The molecule has 0 aliphatic carbocycles. The third-order valence-corrected chi connectivity index (χ3v) is 4.10. The van der Waals surface area contributed by atoms with E-state index in [4.69, 9.17) is 17.3 Å². The monoisotopic (exact) mass is 281 g/mol.